The fraction of sp³-hybridized carbons (Fsp3) is 0.188. The molecule has 0 amide bonds. The number of fused-ring (bicyclic) bond motifs is 1. The van der Waals surface area contributed by atoms with E-state index in [4.69, 9.17) is 0 Å². The number of aromatic hydroxyl groups is 1. The normalized spacial score (nSPS) is 10.9. The van der Waals surface area contributed by atoms with Gasteiger partial charge in [-0.2, -0.15) is 5.10 Å². The van der Waals surface area contributed by atoms with E-state index < -0.39 is 5.82 Å². The molecule has 1 N–H and O–H groups in total. The first-order chi connectivity index (χ1) is 11.0. The van der Waals surface area contributed by atoms with Crippen LogP contribution in [0.4, 0.5) is 10.2 Å². The third kappa shape index (κ3) is 2.85. The predicted molar refractivity (Wildman–Crippen MR) is 83.2 cm³/mol. The second-order valence-electron chi connectivity index (χ2n) is 5.30. The van der Waals surface area contributed by atoms with Crippen molar-refractivity contribution in [2.75, 3.05) is 11.9 Å². The van der Waals surface area contributed by atoms with Crippen LogP contribution < -0.4 is 4.90 Å². The minimum atomic E-state index is -0.413. The van der Waals surface area contributed by atoms with Gasteiger partial charge in [0.2, 0.25) is 0 Å². The van der Waals surface area contributed by atoms with Gasteiger partial charge in [-0.1, -0.05) is 0 Å². The first kappa shape index (κ1) is 15.0. The van der Waals surface area contributed by atoms with Gasteiger partial charge >= 0.3 is 0 Å². The molecule has 0 unspecified atom stereocenters. The molecule has 0 radical (unpaired) electrons. The van der Waals surface area contributed by atoms with Gasteiger partial charge in [0.1, 0.15) is 17.4 Å². The molecule has 2 aromatic heterocycles. The number of phenolic OH excluding ortho intramolecular Hbond substituents is 1. The number of ketones is 1. The number of halogens is 1. The van der Waals surface area contributed by atoms with Crippen molar-refractivity contribution < 1.29 is 14.3 Å². The highest BCUT2D eigenvalue weighted by atomic mass is 19.1. The van der Waals surface area contributed by atoms with Crippen LogP contribution in [-0.4, -0.2) is 32.5 Å². The van der Waals surface area contributed by atoms with Crippen molar-refractivity contribution >= 4 is 17.2 Å². The first-order valence-electron chi connectivity index (χ1n) is 6.99. The maximum atomic E-state index is 13.3. The van der Waals surface area contributed by atoms with Gasteiger partial charge in [-0.15, -0.1) is 0 Å². The summed E-state index contributed by atoms with van der Waals surface area (Å²) in [5, 5.41) is 13.9. The van der Waals surface area contributed by atoms with Crippen molar-refractivity contribution in [2.45, 2.75) is 13.5 Å². The molecule has 0 saturated carbocycles. The van der Waals surface area contributed by atoms with Crippen LogP contribution >= 0.6 is 0 Å². The standard InChI is InChI=1S/C16H15FN4O2/c1-10(22)13-8-18-21-6-5-15(19-16(13)21)20(2)9-11-7-12(17)3-4-14(11)23/h3-8,23H,9H2,1-2H3. The van der Waals surface area contributed by atoms with Crippen LogP contribution in [0.3, 0.4) is 0 Å². The Hall–Kier alpha value is -2.96. The SMILES string of the molecule is CC(=O)c1cnn2ccc(N(C)Cc3cc(F)ccc3O)nc12. The number of nitrogens with zero attached hydrogens (tertiary/aromatic N) is 4. The van der Waals surface area contributed by atoms with Gasteiger partial charge in [0.25, 0.3) is 0 Å². The van der Waals surface area contributed by atoms with E-state index in [2.05, 4.69) is 10.1 Å². The fourth-order valence-electron chi connectivity index (χ4n) is 2.34. The van der Waals surface area contributed by atoms with Crippen LogP contribution in [0.5, 0.6) is 5.75 Å². The zero-order valence-corrected chi connectivity index (χ0v) is 12.7. The van der Waals surface area contributed by atoms with E-state index in [-0.39, 0.29) is 18.1 Å². The van der Waals surface area contributed by atoms with Gasteiger partial charge in [-0.05, 0) is 31.2 Å². The third-order valence-electron chi connectivity index (χ3n) is 3.57. The van der Waals surface area contributed by atoms with Crippen molar-refractivity contribution in [3.63, 3.8) is 0 Å². The Morgan fingerprint density at radius 3 is 2.91 bits per heavy atom. The van der Waals surface area contributed by atoms with Gasteiger partial charge < -0.3 is 10.0 Å². The molecule has 2 heterocycles. The molecular formula is C16H15FN4O2. The zero-order valence-electron chi connectivity index (χ0n) is 12.7. The van der Waals surface area contributed by atoms with Gasteiger partial charge in [-0.25, -0.2) is 13.9 Å². The third-order valence-corrected chi connectivity index (χ3v) is 3.57. The molecule has 7 heteroatoms. The molecule has 3 rings (SSSR count). The molecule has 0 atom stereocenters. The van der Waals surface area contributed by atoms with Crippen LogP contribution in [0.15, 0.2) is 36.7 Å². The Morgan fingerprint density at radius 2 is 2.17 bits per heavy atom. The first-order valence-corrected chi connectivity index (χ1v) is 6.99. The predicted octanol–water partition coefficient (Wildman–Crippen LogP) is 2.41. The van der Waals surface area contributed by atoms with E-state index in [9.17, 15) is 14.3 Å². The molecule has 0 bridgehead atoms. The second-order valence-corrected chi connectivity index (χ2v) is 5.30. The average molecular weight is 314 g/mol. The fourth-order valence-corrected chi connectivity index (χ4v) is 2.34. The van der Waals surface area contributed by atoms with E-state index in [0.29, 0.717) is 22.6 Å². The molecule has 6 nitrogen and oxygen atoms in total. The van der Waals surface area contributed by atoms with E-state index >= 15 is 0 Å². The summed E-state index contributed by atoms with van der Waals surface area (Å²) in [7, 11) is 1.77. The smallest absolute Gasteiger partial charge is 0.168 e. The number of benzene rings is 1. The van der Waals surface area contributed by atoms with Crippen molar-refractivity contribution in [2.24, 2.45) is 0 Å². The molecule has 0 aliphatic rings. The zero-order chi connectivity index (χ0) is 16.6. The highest BCUT2D eigenvalue weighted by Gasteiger charge is 2.13. The summed E-state index contributed by atoms with van der Waals surface area (Å²) in [4.78, 5) is 17.8. The number of carbonyl (C=O) groups excluding carboxylic acids is 1. The molecule has 1 aromatic carbocycles. The number of carbonyl (C=O) groups is 1. The second kappa shape index (κ2) is 5.68. The van der Waals surface area contributed by atoms with Crippen LogP contribution in [0.1, 0.15) is 22.8 Å². The van der Waals surface area contributed by atoms with Crippen LogP contribution in [-0.2, 0) is 6.54 Å². The number of phenols is 1. The molecule has 0 aliphatic heterocycles. The summed E-state index contributed by atoms with van der Waals surface area (Å²) in [5.74, 6) is 0.0802. The van der Waals surface area contributed by atoms with Crippen molar-refractivity contribution in [3.8, 4) is 5.75 Å². The maximum absolute atomic E-state index is 13.3. The van der Waals surface area contributed by atoms with Gasteiger partial charge in [0, 0.05) is 25.4 Å². The molecule has 3 aromatic rings. The molecule has 0 aliphatic carbocycles. The number of aromatic nitrogens is 3. The summed E-state index contributed by atoms with van der Waals surface area (Å²) >= 11 is 0. The lowest BCUT2D eigenvalue weighted by Crippen LogP contribution is -2.18. The van der Waals surface area contributed by atoms with Crippen LogP contribution in [0, 0.1) is 5.82 Å². The minimum absolute atomic E-state index is 0.0214. The summed E-state index contributed by atoms with van der Waals surface area (Å²) in [6.07, 6.45) is 3.18. The Kier molecular flexibility index (Phi) is 3.69. The summed E-state index contributed by atoms with van der Waals surface area (Å²) in [6, 6.07) is 5.54. The van der Waals surface area contributed by atoms with Crippen molar-refractivity contribution in [3.05, 3.63) is 53.6 Å². The molecule has 118 valence electrons. The molecule has 0 saturated heterocycles. The lowest BCUT2D eigenvalue weighted by atomic mass is 10.2. The number of rotatable bonds is 4. The summed E-state index contributed by atoms with van der Waals surface area (Å²) in [6.45, 7) is 1.73. The minimum Gasteiger partial charge on any atom is -0.508 e. The van der Waals surface area contributed by atoms with Crippen LogP contribution in [0.2, 0.25) is 0 Å². The lowest BCUT2D eigenvalue weighted by molar-refractivity contribution is 0.101. The number of anilines is 1. The topological polar surface area (TPSA) is 70.7 Å². The lowest BCUT2D eigenvalue weighted by Gasteiger charge is -2.19. The van der Waals surface area contributed by atoms with E-state index in [1.165, 1.54) is 35.8 Å². The van der Waals surface area contributed by atoms with Crippen LogP contribution in [0.25, 0.3) is 5.65 Å². The summed E-state index contributed by atoms with van der Waals surface area (Å²) in [5.41, 5.74) is 1.36. The van der Waals surface area contributed by atoms with Gasteiger partial charge in [0.05, 0.1) is 11.8 Å². The number of hydrogen-bond donors (Lipinski definition) is 1. The monoisotopic (exact) mass is 314 g/mol. The van der Waals surface area contributed by atoms with Crippen molar-refractivity contribution in [1.29, 1.82) is 0 Å². The summed E-state index contributed by atoms with van der Waals surface area (Å²) < 4.78 is 14.8. The molecule has 23 heavy (non-hydrogen) atoms. The van der Waals surface area contributed by atoms with Crippen molar-refractivity contribution in [1.82, 2.24) is 14.6 Å². The maximum Gasteiger partial charge on any atom is 0.168 e. The Bertz CT molecular complexity index is 891. The van der Waals surface area contributed by atoms with E-state index in [1.807, 2.05) is 0 Å². The molecule has 0 spiro atoms. The number of hydrogen-bond acceptors (Lipinski definition) is 5. The Balaban J connectivity index is 1.94. The highest BCUT2D eigenvalue weighted by molar-refractivity contribution is 5.99. The largest absolute Gasteiger partial charge is 0.508 e. The van der Waals surface area contributed by atoms with Gasteiger partial charge in [-0.3, -0.25) is 4.79 Å². The Morgan fingerprint density at radius 1 is 1.39 bits per heavy atom. The van der Waals surface area contributed by atoms with E-state index in [0.717, 1.165) is 0 Å². The van der Waals surface area contributed by atoms with Gasteiger partial charge in [0.15, 0.2) is 11.4 Å². The number of Topliss-reactive ketones (excluding diaryl/α,β-unsaturated/α-hetero) is 1. The quantitative estimate of drug-likeness (QED) is 0.749. The van der Waals surface area contributed by atoms with E-state index in [1.54, 1.807) is 24.2 Å². The molecular weight excluding hydrogens is 299 g/mol. The Labute approximate surface area is 131 Å². The average Bonchev–Trinajstić information content (AvgIpc) is 2.94. The highest BCUT2D eigenvalue weighted by Crippen LogP contribution is 2.22. The molecule has 0 fully saturated rings.